The molecule has 3 amide bonds. The molecule has 2 fully saturated rings. The normalized spacial score (nSPS) is 36.0. The maximum atomic E-state index is 14.3. The largest absolute Gasteiger partial charge is 0.394 e. The predicted molar refractivity (Wildman–Crippen MR) is 134 cm³/mol. The Kier molecular flexibility index (Phi) is 6.95. The standard InChI is InChI=1S/C26H39N3O4S/c1-6-7-13-28-14-9-11-26-20(19-22(31)27(5)12-8-10-25(19,4)34-26)23(32)29(21(26)24(28)33)18(16-30)15-17(2)3/h8-11,17-21,30H,6-7,12-16H2,1-5H3/t18-,19-,20+,21?,25+,26+/m1/s1. The van der Waals surface area contributed by atoms with Crippen molar-refractivity contribution in [1.29, 1.82) is 0 Å². The van der Waals surface area contributed by atoms with Crippen molar-refractivity contribution in [3.63, 3.8) is 0 Å². The van der Waals surface area contributed by atoms with Crippen LogP contribution in [0, 0.1) is 17.8 Å². The molecule has 1 N–H and O–H groups in total. The minimum atomic E-state index is -0.836. The Labute approximate surface area is 207 Å². The Hall–Kier alpha value is -1.80. The zero-order valence-electron chi connectivity index (χ0n) is 21.1. The number of hydrogen-bond acceptors (Lipinski definition) is 5. The van der Waals surface area contributed by atoms with Crippen molar-refractivity contribution in [2.24, 2.45) is 17.8 Å². The molecule has 0 aromatic carbocycles. The number of hydrogen-bond donors (Lipinski definition) is 1. The summed E-state index contributed by atoms with van der Waals surface area (Å²) in [6.45, 7) is 9.71. The lowest BCUT2D eigenvalue weighted by atomic mass is 9.74. The molecule has 8 heteroatoms. The molecule has 4 aliphatic heterocycles. The first kappa shape index (κ1) is 25.3. The Morgan fingerprint density at radius 1 is 1.09 bits per heavy atom. The second-order valence-corrected chi connectivity index (χ2v) is 12.7. The molecule has 6 atom stereocenters. The van der Waals surface area contributed by atoms with Crippen LogP contribution in [0.25, 0.3) is 0 Å². The van der Waals surface area contributed by atoms with Crippen molar-refractivity contribution in [2.45, 2.75) is 68.5 Å². The zero-order chi connectivity index (χ0) is 24.8. The molecule has 34 heavy (non-hydrogen) atoms. The average molecular weight is 490 g/mol. The lowest BCUT2D eigenvalue weighted by molar-refractivity contribution is -0.147. The van der Waals surface area contributed by atoms with Crippen LogP contribution in [0.4, 0.5) is 0 Å². The van der Waals surface area contributed by atoms with Gasteiger partial charge in [0, 0.05) is 31.4 Å². The Morgan fingerprint density at radius 3 is 2.44 bits per heavy atom. The van der Waals surface area contributed by atoms with Crippen molar-refractivity contribution in [3.05, 3.63) is 24.3 Å². The number of aliphatic hydroxyl groups excluding tert-OH is 1. The zero-order valence-corrected chi connectivity index (χ0v) is 21.9. The van der Waals surface area contributed by atoms with E-state index in [0.717, 1.165) is 12.8 Å². The van der Waals surface area contributed by atoms with Gasteiger partial charge in [0.05, 0.1) is 29.2 Å². The molecule has 0 aromatic rings. The van der Waals surface area contributed by atoms with Crippen LogP contribution < -0.4 is 0 Å². The number of carbonyl (C=O) groups is 3. The Balaban J connectivity index is 1.87. The van der Waals surface area contributed by atoms with Crippen molar-refractivity contribution in [3.8, 4) is 0 Å². The molecule has 4 heterocycles. The van der Waals surface area contributed by atoms with E-state index in [-0.39, 0.29) is 30.2 Å². The summed E-state index contributed by atoms with van der Waals surface area (Å²) >= 11 is 1.60. The molecule has 188 valence electrons. The first-order valence-corrected chi connectivity index (χ1v) is 13.4. The first-order chi connectivity index (χ1) is 16.1. The van der Waals surface area contributed by atoms with Crippen LogP contribution in [-0.2, 0) is 14.4 Å². The van der Waals surface area contributed by atoms with Gasteiger partial charge in [0.1, 0.15) is 6.04 Å². The molecular weight excluding hydrogens is 450 g/mol. The number of nitrogens with zero attached hydrogens (tertiary/aromatic N) is 3. The van der Waals surface area contributed by atoms with Gasteiger partial charge >= 0.3 is 0 Å². The van der Waals surface area contributed by atoms with Gasteiger partial charge in [-0.05, 0) is 25.7 Å². The van der Waals surface area contributed by atoms with Crippen LogP contribution in [-0.4, -0.2) is 92.4 Å². The summed E-state index contributed by atoms with van der Waals surface area (Å²) in [6, 6.07) is -1.18. The second-order valence-electron chi connectivity index (χ2n) is 10.9. The summed E-state index contributed by atoms with van der Waals surface area (Å²) < 4.78 is -1.42. The maximum absolute atomic E-state index is 14.3. The molecule has 0 aliphatic carbocycles. The molecular formula is C26H39N3O4S. The smallest absolute Gasteiger partial charge is 0.247 e. The lowest BCUT2D eigenvalue weighted by Crippen LogP contribution is -2.57. The van der Waals surface area contributed by atoms with Gasteiger partial charge in [-0.3, -0.25) is 14.4 Å². The van der Waals surface area contributed by atoms with E-state index in [9.17, 15) is 19.5 Å². The number of carbonyl (C=O) groups excluding carboxylic acids is 3. The highest BCUT2D eigenvalue weighted by Crippen LogP contribution is 2.65. The fourth-order valence-electron chi connectivity index (χ4n) is 6.39. The van der Waals surface area contributed by atoms with Gasteiger partial charge in [0.15, 0.2) is 0 Å². The Bertz CT molecular complexity index is 904. The van der Waals surface area contributed by atoms with E-state index < -0.39 is 33.4 Å². The molecule has 0 bridgehead atoms. The highest BCUT2D eigenvalue weighted by atomic mass is 32.2. The highest BCUT2D eigenvalue weighted by molar-refractivity contribution is 8.02. The van der Waals surface area contributed by atoms with Gasteiger partial charge in [-0.2, -0.15) is 0 Å². The fourth-order valence-corrected chi connectivity index (χ4v) is 8.54. The van der Waals surface area contributed by atoms with Crippen LogP contribution in [0.5, 0.6) is 0 Å². The number of thioether (sulfide) groups is 1. The van der Waals surface area contributed by atoms with Gasteiger partial charge in [0.25, 0.3) is 0 Å². The molecule has 1 spiro atoms. The minimum absolute atomic E-state index is 0.0480. The topological polar surface area (TPSA) is 81.2 Å². The predicted octanol–water partition coefficient (Wildman–Crippen LogP) is 2.31. The SMILES string of the molecule is CCCCN1CC=C[C@]23S[C@@]4(C)C=CCN(C)C(=O)[C@H]4[C@H]2C(=O)N([C@@H](CO)CC(C)C)C3C1=O. The number of likely N-dealkylation sites (tertiary alicyclic amines) is 1. The second kappa shape index (κ2) is 9.34. The summed E-state index contributed by atoms with van der Waals surface area (Å²) in [5.74, 6) is -1.22. The van der Waals surface area contributed by atoms with Crippen LogP contribution in [0.1, 0.15) is 47.0 Å². The fraction of sp³-hybridized carbons (Fsp3) is 0.731. The van der Waals surface area contributed by atoms with Crippen LogP contribution >= 0.6 is 11.8 Å². The highest BCUT2D eigenvalue weighted by Gasteiger charge is 2.74. The quantitative estimate of drug-likeness (QED) is 0.555. The molecule has 2 saturated heterocycles. The van der Waals surface area contributed by atoms with E-state index in [1.807, 2.05) is 24.0 Å². The minimum Gasteiger partial charge on any atom is -0.394 e. The van der Waals surface area contributed by atoms with E-state index in [0.29, 0.717) is 26.1 Å². The number of unbranched alkanes of at least 4 members (excludes halogenated alkanes) is 1. The third-order valence-electron chi connectivity index (χ3n) is 7.91. The molecule has 4 aliphatic rings. The molecule has 7 nitrogen and oxygen atoms in total. The molecule has 0 aromatic heterocycles. The first-order valence-electron chi connectivity index (χ1n) is 12.6. The van der Waals surface area contributed by atoms with E-state index >= 15 is 0 Å². The van der Waals surface area contributed by atoms with Gasteiger partial charge in [-0.15, -0.1) is 11.8 Å². The summed E-state index contributed by atoms with van der Waals surface area (Å²) in [5, 5.41) is 10.4. The van der Waals surface area contributed by atoms with Gasteiger partial charge in [-0.1, -0.05) is 51.5 Å². The maximum Gasteiger partial charge on any atom is 0.247 e. The van der Waals surface area contributed by atoms with E-state index in [1.54, 1.807) is 28.6 Å². The number of aliphatic hydroxyl groups is 1. The third kappa shape index (κ3) is 3.81. The van der Waals surface area contributed by atoms with E-state index in [2.05, 4.69) is 32.9 Å². The molecule has 0 radical (unpaired) electrons. The van der Waals surface area contributed by atoms with Crippen LogP contribution in [0.2, 0.25) is 0 Å². The summed E-state index contributed by atoms with van der Waals surface area (Å²) in [4.78, 5) is 47.2. The van der Waals surface area contributed by atoms with Gasteiger partial charge < -0.3 is 19.8 Å². The van der Waals surface area contributed by atoms with Crippen molar-refractivity contribution < 1.29 is 19.5 Å². The monoisotopic (exact) mass is 489 g/mol. The number of rotatable bonds is 7. The summed E-state index contributed by atoms with van der Waals surface area (Å²) in [5.41, 5.74) is 0. The molecule has 4 rings (SSSR count). The molecule has 1 unspecified atom stereocenters. The van der Waals surface area contributed by atoms with Gasteiger partial charge in [-0.25, -0.2) is 0 Å². The summed E-state index contributed by atoms with van der Waals surface area (Å²) in [6.07, 6.45) is 10.6. The number of fused-ring (bicyclic) bond motifs is 2. The van der Waals surface area contributed by atoms with Gasteiger partial charge in [0.2, 0.25) is 17.7 Å². The number of likely N-dealkylation sites (N-methyl/N-ethyl adjacent to an activating group) is 1. The van der Waals surface area contributed by atoms with Crippen molar-refractivity contribution in [1.82, 2.24) is 14.7 Å². The average Bonchev–Trinajstić information content (AvgIpc) is 3.07. The Morgan fingerprint density at radius 2 is 1.79 bits per heavy atom. The van der Waals surface area contributed by atoms with Crippen molar-refractivity contribution >= 4 is 29.5 Å². The molecule has 0 saturated carbocycles. The van der Waals surface area contributed by atoms with Crippen LogP contribution in [0.3, 0.4) is 0 Å². The third-order valence-corrected chi connectivity index (χ3v) is 9.71. The van der Waals surface area contributed by atoms with Crippen LogP contribution in [0.15, 0.2) is 24.3 Å². The summed E-state index contributed by atoms with van der Waals surface area (Å²) in [7, 11) is 1.78. The van der Waals surface area contributed by atoms with E-state index in [1.165, 1.54) is 0 Å². The van der Waals surface area contributed by atoms with E-state index in [4.69, 9.17) is 0 Å². The number of amides is 3. The van der Waals surface area contributed by atoms with Crippen molar-refractivity contribution in [2.75, 3.05) is 33.3 Å². The lowest BCUT2D eigenvalue weighted by Gasteiger charge is -2.40.